The average molecular weight is 462 g/mol. The van der Waals surface area contributed by atoms with Crippen molar-refractivity contribution in [2.45, 2.75) is 46.1 Å². The van der Waals surface area contributed by atoms with E-state index >= 15 is 0 Å². The van der Waals surface area contributed by atoms with Gasteiger partial charge in [0.2, 0.25) is 5.91 Å². The number of likely N-dealkylation sites (tertiary alicyclic amines) is 1. The number of hydrogen-bond donors (Lipinski definition) is 0. The van der Waals surface area contributed by atoms with Gasteiger partial charge in [-0.2, -0.15) is 10.2 Å². The molecular weight excluding hydrogens is 426 g/mol. The van der Waals surface area contributed by atoms with Crippen molar-refractivity contribution >= 4 is 22.6 Å². The van der Waals surface area contributed by atoms with Crippen LogP contribution in [-0.2, 0) is 4.79 Å². The monoisotopic (exact) mass is 461 g/mol. The summed E-state index contributed by atoms with van der Waals surface area (Å²) in [5, 5.41) is 15.1. The summed E-state index contributed by atoms with van der Waals surface area (Å²) in [6.07, 6.45) is 2.75. The number of aryl methyl sites for hydroxylation is 3. The fourth-order valence-corrected chi connectivity index (χ4v) is 5.42. The standard InChI is InChI=1S/C26H35N7O/c1-17-6-8-21(9-7-17)33-19(3)23-18(2)27-28-25(24(23)29-33)31-13-10-20(11-14-31)26(34)32-15-12-22(16-32)30(4)5/h6-9,20,22H,10-16H2,1-5H3. The van der Waals surface area contributed by atoms with Gasteiger partial charge in [-0.25, -0.2) is 4.68 Å². The van der Waals surface area contributed by atoms with Crippen molar-refractivity contribution in [1.29, 1.82) is 0 Å². The number of rotatable bonds is 4. The molecule has 1 atom stereocenters. The number of carbonyl (C=O) groups is 1. The predicted molar refractivity (Wildman–Crippen MR) is 134 cm³/mol. The highest BCUT2D eigenvalue weighted by Crippen LogP contribution is 2.32. The molecule has 4 heterocycles. The number of anilines is 1. The number of carbonyl (C=O) groups excluding carboxylic acids is 1. The molecule has 34 heavy (non-hydrogen) atoms. The van der Waals surface area contributed by atoms with E-state index in [-0.39, 0.29) is 5.92 Å². The summed E-state index contributed by atoms with van der Waals surface area (Å²) in [6.45, 7) is 9.50. The minimum Gasteiger partial charge on any atom is -0.353 e. The Hall–Kier alpha value is -3.00. The van der Waals surface area contributed by atoms with Gasteiger partial charge in [0, 0.05) is 38.1 Å². The molecule has 8 nitrogen and oxygen atoms in total. The second-order valence-electron chi connectivity index (χ2n) is 10.1. The summed E-state index contributed by atoms with van der Waals surface area (Å²) in [5.74, 6) is 1.25. The molecule has 3 aromatic rings. The molecule has 1 aromatic carbocycles. The minimum atomic E-state index is 0.0953. The van der Waals surface area contributed by atoms with Crippen LogP contribution in [0.1, 0.15) is 36.2 Å². The van der Waals surface area contributed by atoms with E-state index in [1.54, 1.807) is 0 Å². The molecule has 0 aliphatic carbocycles. The van der Waals surface area contributed by atoms with Crippen molar-refractivity contribution in [3.05, 3.63) is 41.2 Å². The number of nitrogens with zero attached hydrogens (tertiary/aromatic N) is 7. The van der Waals surface area contributed by atoms with Crippen molar-refractivity contribution < 1.29 is 4.79 Å². The van der Waals surface area contributed by atoms with E-state index in [4.69, 9.17) is 5.10 Å². The SMILES string of the molecule is Cc1ccc(-n2nc3c(N4CCC(C(=O)N5CCC(N(C)C)C5)CC4)nnc(C)c3c2C)cc1. The van der Waals surface area contributed by atoms with E-state index in [0.717, 1.165) is 79.2 Å². The van der Waals surface area contributed by atoms with Gasteiger partial charge in [0.05, 0.1) is 22.5 Å². The summed E-state index contributed by atoms with van der Waals surface area (Å²) in [6, 6.07) is 8.88. The first kappa shape index (κ1) is 22.8. The summed E-state index contributed by atoms with van der Waals surface area (Å²) in [5.41, 5.74) is 5.12. The van der Waals surface area contributed by atoms with Crippen LogP contribution in [0.15, 0.2) is 24.3 Å². The first-order valence-corrected chi connectivity index (χ1v) is 12.3. The van der Waals surface area contributed by atoms with E-state index in [1.165, 1.54) is 5.56 Å². The molecule has 180 valence electrons. The molecule has 2 aliphatic rings. The Bertz CT molecular complexity index is 1190. The molecule has 2 aliphatic heterocycles. The van der Waals surface area contributed by atoms with Crippen LogP contribution in [0.2, 0.25) is 0 Å². The molecule has 0 saturated carbocycles. The Kier molecular flexibility index (Phi) is 6.02. The van der Waals surface area contributed by atoms with Crippen LogP contribution in [-0.4, -0.2) is 82.0 Å². The third-order valence-corrected chi connectivity index (χ3v) is 7.61. The molecule has 2 fully saturated rings. The van der Waals surface area contributed by atoms with Crippen LogP contribution < -0.4 is 4.90 Å². The number of amides is 1. The van der Waals surface area contributed by atoms with Crippen molar-refractivity contribution in [3.63, 3.8) is 0 Å². The zero-order valence-corrected chi connectivity index (χ0v) is 21.0. The van der Waals surface area contributed by atoms with E-state index in [0.29, 0.717) is 11.9 Å². The van der Waals surface area contributed by atoms with Crippen LogP contribution in [0.4, 0.5) is 5.82 Å². The van der Waals surface area contributed by atoms with Gasteiger partial charge < -0.3 is 14.7 Å². The lowest BCUT2D eigenvalue weighted by Crippen LogP contribution is -2.43. The molecule has 5 rings (SSSR count). The fourth-order valence-electron chi connectivity index (χ4n) is 5.42. The Morgan fingerprint density at radius 3 is 2.32 bits per heavy atom. The normalized spacial score (nSPS) is 19.5. The lowest BCUT2D eigenvalue weighted by molar-refractivity contribution is -0.135. The van der Waals surface area contributed by atoms with Gasteiger partial charge in [-0.3, -0.25) is 4.79 Å². The first-order valence-electron chi connectivity index (χ1n) is 12.3. The molecule has 8 heteroatoms. The molecular formula is C26H35N7O. The lowest BCUT2D eigenvalue weighted by atomic mass is 9.95. The zero-order chi connectivity index (χ0) is 24.0. The van der Waals surface area contributed by atoms with Gasteiger partial charge in [-0.15, -0.1) is 5.10 Å². The van der Waals surface area contributed by atoms with Crippen molar-refractivity contribution in [1.82, 2.24) is 29.8 Å². The number of likely N-dealkylation sites (N-methyl/N-ethyl adjacent to an activating group) is 1. The van der Waals surface area contributed by atoms with Gasteiger partial charge in [0.15, 0.2) is 5.82 Å². The maximum absolute atomic E-state index is 13.1. The maximum atomic E-state index is 13.1. The van der Waals surface area contributed by atoms with E-state index in [2.05, 4.69) is 77.1 Å². The maximum Gasteiger partial charge on any atom is 0.225 e. The van der Waals surface area contributed by atoms with Gasteiger partial charge in [0.1, 0.15) is 5.52 Å². The number of piperidine rings is 1. The molecule has 0 bridgehead atoms. The summed E-state index contributed by atoms with van der Waals surface area (Å²) in [7, 11) is 4.20. The van der Waals surface area contributed by atoms with Gasteiger partial charge >= 0.3 is 0 Å². The smallest absolute Gasteiger partial charge is 0.225 e. The second kappa shape index (κ2) is 8.98. The first-order chi connectivity index (χ1) is 16.3. The van der Waals surface area contributed by atoms with Gasteiger partial charge in [-0.1, -0.05) is 17.7 Å². The number of aromatic nitrogens is 4. The summed E-state index contributed by atoms with van der Waals surface area (Å²) >= 11 is 0. The molecule has 0 radical (unpaired) electrons. The highest BCUT2D eigenvalue weighted by atomic mass is 16.2. The number of hydrogen-bond acceptors (Lipinski definition) is 6. The topological polar surface area (TPSA) is 70.4 Å². The van der Waals surface area contributed by atoms with Crippen molar-refractivity contribution in [3.8, 4) is 5.69 Å². The van der Waals surface area contributed by atoms with Crippen LogP contribution in [0, 0.1) is 26.7 Å². The van der Waals surface area contributed by atoms with Gasteiger partial charge in [0.25, 0.3) is 0 Å². The molecule has 0 spiro atoms. The second-order valence-corrected chi connectivity index (χ2v) is 10.1. The largest absolute Gasteiger partial charge is 0.353 e. The molecule has 2 saturated heterocycles. The highest BCUT2D eigenvalue weighted by Gasteiger charge is 2.34. The third kappa shape index (κ3) is 4.04. The Morgan fingerprint density at radius 2 is 1.68 bits per heavy atom. The Labute approximate surface area is 201 Å². The van der Waals surface area contributed by atoms with Crippen LogP contribution >= 0.6 is 0 Å². The molecule has 1 amide bonds. The van der Waals surface area contributed by atoms with Crippen LogP contribution in [0.3, 0.4) is 0 Å². The molecule has 1 unspecified atom stereocenters. The fraction of sp³-hybridized carbons (Fsp3) is 0.538. The van der Waals surface area contributed by atoms with E-state index < -0.39 is 0 Å². The molecule has 2 aromatic heterocycles. The Morgan fingerprint density at radius 1 is 0.971 bits per heavy atom. The van der Waals surface area contributed by atoms with E-state index in [9.17, 15) is 4.79 Å². The third-order valence-electron chi connectivity index (χ3n) is 7.61. The quantitative estimate of drug-likeness (QED) is 0.595. The predicted octanol–water partition coefficient (Wildman–Crippen LogP) is 3.12. The van der Waals surface area contributed by atoms with E-state index in [1.807, 2.05) is 11.6 Å². The Balaban J connectivity index is 1.35. The number of fused-ring (bicyclic) bond motifs is 1. The summed E-state index contributed by atoms with van der Waals surface area (Å²) in [4.78, 5) is 19.7. The average Bonchev–Trinajstić information content (AvgIpc) is 3.46. The van der Waals surface area contributed by atoms with Crippen molar-refractivity contribution in [2.75, 3.05) is 45.2 Å². The number of benzene rings is 1. The van der Waals surface area contributed by atoms with Gasteiger partial charge in [-0.05, 0) is 66.3 Å². The van der Waals surface area contributed by atoms with Crippen LogP contribution in [0.5, 0.6) is 0 Å². The minimum absolute atomic E-state index is 0.0953. The summed E-state index contributed by atoms with van der Waals surface area (Å²) < 4.78 is 1.99. The highest BCUT2D eigenvalue weighted by molar-refractivity contribution is 5.92. The molecule has 0 N–H and O–H groups in total. The lowest BCUT2D eigenvalue weighted by Gasteiger charge is -2.33. The van der Waals surface area contributed by atoms with Crippen LogP contribution in [0.25, 0.3) is 16.6 Å². The zero-order valence-electron chi connectivity index (χ0n) is 21.0. The van der Waals surface area contributed by atoms with Crippen molar-refractivity contribution in [2.24, 2.45) is 5.92 Å².